The molecule has 2 aromatic carbocycles. The lowest BCUT2D eigenvalue weighted by molar-refractivity contribution is 0.0715. The van der Waals surface area contributed by atoms with Gasteiger partial charge >= 0.3 is 6.55 Å². The van der Waals surface area contributed by atoms with Gasteiger partial charge in [0.2, 0.25) is 5.16 Å². The molecule has 4 rings (SSSR count). The van der Waals surface area contributed by atoms with Crippen LogP contribution in [0.2, 0.25) is 0 Å². The van der Waals surface area contributed by atoms with Crippen LogP contribution >= 0.6 is 11.8 Å². The van der Waals surface area contributed by atoms with Crippen molar-refractivity contribution in [3.05, 3.63) is 59.9 Å². The predicted octanol–water partition coefficient (Wildman–Crippen LogP) is 4.57. The van der Waals surface area contributed by atoms with Gasteiger partial charge in [-0.05, 0) is 48.0 Å². The van der Waals surface area contributed by atoms with E-state index in [9.17, 15) is 8.78 Å². The SMILES string of the molecule is Cc1ccccc1-n1nnnc1SC(C)c1nc2ccccc2n1C(F)F. The van der Waals surface area contributed by atoms with E-state index in [0.29, 0.717) is 16.2 Å². The molecule has 27 heavy (non-hydrogen) atoms. The van der Waals surface area contributed by atoms with Crippen LogP contribution in [-0.4, -0.2) is 29.8 Å². The van der Waals surface area contributed by atoms with E-state index in [1.807, 2.05) is 38.1 Å². The van der Waals surface area contributed by atoms with Crippen molar-refractivity contribution in [3.8, 4) is 5.69 Å². The van der Waals surface area contributed by atoms with Crippen molar-refractivity contribution in [2.45, 2.75) is 30.8 Å². The number of nitrogens with zero attached hydrogens (tertiary/aromatic N) is 6. The number of hydrogen-bond acceptors (Lipinski definition) is 5. The molecule has 0 spiro atoms. The molecule has 0 N–H and O–H groups in total. The first-order chi connectivity index (χ1) is 13.1. The number of aromatic nitrogens is 6. The van der Waals surface area contributed by atoms with Gasteiger partial charge in [0.05, 0.1) is 22.0 Å². The number of halogens is 2. The fraction of sp³-hybridized carbons (Fsp3) is 0.222. The molecule has 0 saturated carbocycles. The Balaban J connectivity index is 1.72. The number of aryl methyl sites for hydroxylation is 1. The molecule has 6 nitrogen and oxygen atoms in total. The van der Waals surface area contributed by atoms with Gasteiger partial charge in [0, 0.05) is 0 Å². The molecule has 2 aromatic heterocycles. The Morgan fingerprint density at radius 3 is 2.56 bits per heavy atom. The first-order valence-corrected chi connectivity index (χ1v) is 9.20. The maximum Gasteiger partial charge on any atom is 0.320 e. The lowest BCUT2D eigenvalue weighted by Crippen LogP contribution is -2.07. The van der Waals surface area contributed by atoms with Gasteiger partial charge in [-0.3, -0.25) is 4.57 Å². The topological polar surface area (TPSA) is 61.4 Å². The van der Waals surface area contributed by atoms with E-state index in [-0.39, 0.29) is 11.1 Å². The summed E-state index contributed by atoms with van der Waals surface area (Å²) in [6, 6.07) is 14.6. The molecule has 0 amide bonds. The number of thioether (sulfide) groups is 1. The van der Waals surface area contributed by atoms with E-state index >= 15 is 0 Å². The fourth-order valence-corrected chi connectivity index (χ4v) is 3.88. The molecule has 4 aromatic rings. The molecule has 0 fully saturated rings. The van der Waals surface area contributed by atoms with Gasteiger partial charge < -0.3 is 0 Å². The number of tetrazole rings is 1. The summed E-state index contributed by atoms with van der Waals surface area (Å²) in [4.78, 5) is 4.42. The summed E-state index contributed by atoms with van der Waals surface area (Å²) < 4.78 is 30.0. The normalized spacial score (nSPS) is 12.8. The van der Waals surface area contributed by atoms with Gasteiger partial charge in [0.15, 0.2) is 0 Å². The minimum absolute atomic E-state index is 0.288. The second kappa shape index (κ2) is 7.07. The highest BCUT2D eigenvalue weighted by atomic mass is 32.2. The smallest absolute Gasteiger partial charge is 0.269 e. The molecule has 2 heterocycles. The highest BCUT2D eigenvalue weighted by Gasteiger charge is 2.24. The van der Waals surface area contributed by atoms with Gasteiger partial charge in [-0.1, -0.05) is 42.1 Å². The number of hydrogen-bond donors (Lipinski definition) is 0. The highest BCUT2D eigenvalue weighted by Crippen LogP contribution is 2.37. The van der Waals surface area contributed by atoms with Gasteiger partial charge in [0.25, 0.3) is 0 Å². The molecule has 0 bridgehead atoms. The van der Waals surface area contributed by atoms with Crippen molar-refractivity contribution in [3.63, 3.8) is 0 Å². The summed E-state index contributed by atoms with van der Waals surface area (Å²) >= 11 is 1.29. The largest absolute Gasteiger partial charge is 0.320 e. The highest BCUT2D eigenvalue weighted by molar-refractivity contribution is 7.99. The van der Waals surface area contributed by atoms with Crippen molar-refractivity contribution in [2.24, 2.45) is 0 Å². The Kier molecular flexibility index (Phi) is 4.61. The van der Waals surface area contributed by atoms with Gasteiger partial charge in [0.1, 0.15) is 5.82 Å². The molecule has 0 aliphatic rings. The summed E-state index contributed by atoms with van der Waals surface area (Å²) in [6.45, 7) is 1.11. The zero-order valence-corrected chi connectivity index (χ0v) is 15.4. The Bertz CT molecular complexity index is 1090. The number of rotatable bonds is 5. The standard InChI is InChI=1S/C18H16F2N6S/c1-11-7-3-5-9-14(11)26-18(22-23-24-26)27-12(2)16-21-13-8-4-6-10-15(13)25(16)17(19)20/h3-10,12,17H,1-2H3. The number of benzene rings is 2. The second-order valence-electron chi connectivity index (χ2n) is 6.03. The number of para-hydroxylation sites is 3. The third kappa shape index (κ3) is 3.18. The molecule has 138 valence electrons. The van der Waals surface area contributed by atoms with Crippen LogP contribution in [0.15, 0.2) is 53.7 Å². The van der Waals surface area contributed by atoms with E-state index in [2.05, 4.69) is 20.5 Å². The van der Waals surface area contributed by atoms with Crippen molar-refractivity contribution in [1.29, 1.82) is 0 Å². The number of alkyl halides is 2. The first kappa shape index (κ1) is 17.6. The summed E-state index contributed by atoms with van der Waals surface area (Å²) in [5.41, 5.74) is 2.81. The quantitative estimate of drug-likeness (QED) is 0.470. The lowest BCUT2D eigenvalue weighted by Gasteiger charge is -2.14. The number of imidazole rings is 1. The van der Waals surface area contributed by atoms with Gasteiger partial charge in [-0.2, -0.15) is 13.5 Å². The Morgan fingerprint density at radius 1 is 1.04 bits per heavy atom. The molecule has 1 atom stereocenters. The molecule has 0 radical (unpaired) electrons. The zero-order valence-electron chi connectivity index (χ0n) is 14.6. The maximum absolute atomic E-state index is 13.7. The van der Waals surface area contributed by atoms with E-state index in [0.717, 1.165) is 15.8 Å². The van der Waals surface area contributed by atoms with Crippen LogP contribution in [0.1, 0.15) is 30.1 Å². The summed E-state index contributed by atoms with van der Waals surface area (Å²) in [7, 11) is 0. The third-order valence-corrected chi connectivity index (χ3v) is 5.28. The fourth-order valence-electron chi connectivity index (χ4n) is 2.97. The molecule has 1 unspecified atom stereocenters. The molecular weight excluding hydrogens is 370 g/mol. The number of fused-ring (bicyclic) bond motifs is 1. The van der Waals surface area contributed by atoms with E-state index in [4.69, 9.17) is 0 Å². The van der Waals surface area contributed by atoms with E-state index in [1.165, 1.54) is 11.8 Å². The van der Waals surface area contributed by atoms with Crippen molar-refractivity contribution >= 4 is 22.8 Å². The molecule has 0 aliphatic heterocycles. The third-order valence-electron chi connectivity index (χ3n) is 4.25. The van der Waals surface area contributed by atoms with Crippen LogP contribution in [0.4, 0.5) is 8.78 Å². The lowest BCUT2D eigenvalue weighted by atomic mass is 10.2. The minimum atomic E-state index is -2.68. The van der Waals surface area contributed by atoms with Gasteiger partial charge in [-0.15, -0.1) is 5.10 Å². The molecule has 0 aliphatic carbocycles. The van der Waals surface area contributed by atoms with Crippen LogP contribution < -0.4 is 0 Å². The Morgan fingerprint density at radius 2 is 1.78 bits per heavy atom. The van der Waals surface area contributed by atoms with Crippen molar-refractivity contribution in [2.75, 3.05) is 0 Å². The van der Waals surface area contributed by atoms with Crippen LogP contribution in [0.5, 0.6) is 0 Å². The van der Waals surface area contributed by atoms with Crippen LogP contribution in [-0.2, 0) is 0 Å². The predicted molar refractivity (Wildman–Crippen MR) is 99.1 cm³/mol. The molecular formula is C18H16F2N6S. The monoisotopic (exact) mass is 386 g/mol. The first-order valence-electron chi connectivity index (χ1n) is 8.32. The van der Waals surface area contributed by atoms with Crippen molar-refractivity contribution < 1.29 is 8.78 Å². The van der Waals surface area contributed by atoms with E-state index in [1.54, 1.807) is 28.9 Å². The van der Waals surface area contributed by atoms with E-state index < -0.39 is 6.55 Å². The van der Waals surface area contributed by atoms with Crippen LogP contribution in [0.25, 0.3) is 16.7 Å². The average molecular weight is 386 g/mol. The Labute approximate surface area is 158 Å². The zero-order chi connectivity index (χ0) is 19.0. The van der Waals surface area contributed by atoms with Crippen LogP contribution in [0.3, 0.4) is 0 Å². The summed E-state index contributed by atoms with van der Waals surface area (Å²) in [5, 5.41) is 12.0. The Hall–Kier alpha value is -2.81. The van der Waals surface area contributed by atoms with Crippen LogP contribution in [0, 0.1) is 6.92 Å². The second-order valence-corrected chi connectivity index (χ2v) is 7.33. The molecule has 0 saturated heterocycles. The minimum Gasteiger partial charge on any atom is -0.269 e. The summed E-state index contributed by atoms with van der Waals surface area (Å²) in [5.74, 6) is 0.288. The maximum atomic E-state index is 13.7. The molecule has 9 heteroatoms. The van der Waals surface area contributed by atoms with Gasteiger partial charge in [-0.25, -0.2) is 4.98 Å². The summed E-state index contributed by atoms with van der Waals surface area (Å²) in [6.07, 6.45) is 0. The van der Waals surface area contributed by atoms with Crippen molar-refractivity contribution in [1.82, 2.24) is 29.8 Å². The average Bonchev–Trinajstić information content (AvgIpc) is 3.26.